The molecule has 2 N–H and O–H groups in total. The van der Waals surface area contributed by atoms with Gasteiger partial charge in [-0.1, -0.05) is 48.5 Å². The van der Waals surface area contributed by atoms with E-state index in [0.29, 0.717) is 0 Å². The third-order valence-corrected chi connectivity index (χ3v) is 4.39. The third-order valence-electron chi connectivity index (χ3n) is 4.39. The van der Waals surface area contributed by atoms with Gasteiger partial charge in [-0.2, -0.15) is 8.78 Å². The Morgan fingerprint density at radius 2 is 0.769 bits per heavy atom. The monoisotopic (exact) mass is 358 g/mol. The fourth-order valence-corrected chi connectivity index (χ4v) is 3.21. The molecule has 0 radical (unpaired) electrons. The number of hydrogen-bond acceptors (Lipinski definition) is 2. The maximum absolute atomic E-state index is 14.2. The van der Waals surface area contributed by atoms with E-state index in [2.05, 4.69) is 0 Å². The summed E-state index contributed by atoms with van der Waals surface area (Å²) in [6.45, 7) is 0. The molecule has 4 aromatic carbocycles. The van der Waals surface area contributed by atoms with Crippen LogP contribution >= 0.6 is 0 Å². The van der Waals surface area contributed by atoms with E-state index in [9.17, 15) is 27.8 Å². The molecule has 0 atom stereocenters. The smallest absolute Gasteiger partial charge is 0.201 e. The summed E-state index contributed by atoms with van der Waals surface area (Å²) in [6, 6.07) is 11.3. The highest BCUT2D eigenvalue weighted by molar-refractivity contribution is 6.10. The van der Waals surface area contributed by atoms with Crippen LogP contribution in [0.4, 0.5) is 17.6 Å². The van der Waals surface area contributed by atoms with Crippen LogP contribution in [0, 0.1) is 23.3 Å². The van der Waals surface area contributed by atoms with Crippen LogP contribution in [0.5, 0.6) is 11.5 Å². The van der Waals surface area contributed by atoms with Crippen LogP contribution in [0.25, 0.3) is 32.7 Å². The van der Waals surface area contributed by atoms with Crippen LogP contribution in [-0.4, -0.2) is 10.2 Å². The zero-order chi connectivity index (χ0) is 18.6. The van der Waals surface area contributed by atoms with Crippen molar-refractivity contribution in [1.29, 1.82) is 0 Å². The average Bonchev–Trinajstić information content (AvgIpc) is 2.67. The minimum Gasteiger partial charge on any atom is -0.504 e. The number of phenols is 2. The van der Waals surface area contributed by atoms with Crippen LogP contribution in [0.3, 0.4) is 0 Å². The molecule has 0 amide bonds. The SMILES string of the molecule is Oc1c(F)c(F)c2ccccc2c1-c1c(O)c(F)c(F)c2ccccc12. The number of hydrogen-bond donors (Lipinski definition) is 2. The summed E-state index contributed by atoms with van der Waals surface area (Å²) in [7, 11) is 0. The van der Waals surface area contributed by atoms with Gasteiger partial charge in [-0.05, 0) is 10.8 Å². The minimum atomic E-state index is -1.54. The Hall–Kier alpha value is -3.28. The summed E-state index contributed by atoms with van der Waals surface area (Å²) < 4.78 is 56.9. The fraction of sp³-hybridized carbons (Fsp3) is 0. The first kappa shape index (κ1) is 16.2. The molecule has 0 aliphatic heterocycles. The molecule has 0 heterocycles. The fourth-order valence-electron chi connectivity index (χ4n) is 3.21. The minimum absolute atomic E-state index is 0.0513. The summed E-state index contributed by atoms with van der Waals surface area (Å²) in [6.07, 6.45) is 0. The zero-order valence-corrected chi connectivity index (χ0v) is 13.0. The van der Waals surface area contributed by atoms with E-state index in [4.69, 9.17) is 0 Å². The van der Waals surface area contributed by atoms with Crippen molar-refractivity contribution in [3.05, 3.63) is 71.8 Å². The number of fused-ring (bicyclic) bond motifs is 2. The predicted octanol–water partition coefficient (Wildman–Crippen LogP) is 5.63. The number of halogens is 4. The number of benzene rings is 4. The maximum Gasteiger partial charge on any atom is 0.201 e. The van der Waals surface area contributed by atoms with Gasteiger partial charge >= 0.3 is 0 Å². The van der Waals surface area contributed by atoms with E-state index in [1.807, 2.05) is 0 Å². The number of aromatic hydroxyl groups is 2. The van der Waals surface area contributed by atoms with Crippen LogP contribution < -0.4 is 0 Å². The zero-order valence-electron chi connectivity index (χ0n) is 13.0. The summed E-state index contributed by atoms with van der Waals surface area (Å²) in [5, 5.41) is 20.2. The Balaban J connectivity index is 2.30. The first-order valence-electron chi connectivity index (χ1n) is 7.61. The third kappa shape index (κ3) is 2.05. The molecule has 0 bridgehead atoms. The van der Waals surface area contributed by atoms with Crippen LogP contribution in [0.2, 0.25) is 0 Å². The molecule has 0 unspecified atom stereocenters. The van der Waals surface area contributed by atoms with Crippen LogP contribution in [0.1, 0.15) is 0 Å². The van der Waals surface area contributed by atoms with Gasteiger partial charge in [0.05, 0.1) is 0 Å². The topological polar surface area (TPSA) is 40.5 Å². The molecule has 4 aromatic rings. The van der Waals surface area contributed by atoms with Crippen molar-refractivity contribution in [2.75, 3.05) is 0 Å². The molecule has 26 heavy (non-hydrogen) atoms. The lowest BCUT2D eigenvalue weighted by molar-refractivity contribution is 0.406. The van der Waals surface area contributed by atoms with Gasteiger partial charge in [-0.25, -0.2) is 8.78 Å². The van der Waals surface area contributed by atoms with Gasteiger partial charge in [0.15, 0.2) is 23.1 Å². The molecule has 0 fully saturated rings. The highest BCUT2D eigenvalue weighted by Gasteiger charge is 2.27. The van der Waals surface area contributed by atoms with Gasteiger partial charge in [0.1, 0.15) is 0 Å². The summed E-state index contributed by atoms with van der Waals surface area (Å²) in [5.41, 5.74) is -0.626. The molecule has 6 heteroatoms. The van der Waals surface area contributed by atoms with Crippen molar-refractivity contribution >= 4 is 21.5 Å². The predicted molar refractivity (Wildman–Crippen MR) is 90.1 cm³/mol. The largest absolute Gasteiger partial charge is 0.504 e. The molecular formula is C20H10F4O2. The molecule has 0 aromatic heterocycles. The summed E-state index contributed by atoms with van der Waals surface area (Å²) in [5.74, 6) is -7.79. The Morgan fingerprint density at radius 1 is 0.462 bits per heavy atom. The van der Waals surface area contributed by atoms with Gasteiger partial charge in [0.25, 0.3) is 0 Å². The number of phenolic OH excluding ortho intramolecular Hbond substituents is 2. The maximum atomic E-state index is 14.2. The molecule has 0 saturated heterocycles. The van der Waals surface area contributed by atoms with Crippen LogP contribution in [-0.2, 0) is 0 Å². The van der Waals surface area contributed by atoms with Crippen molar-refractivity contribution < 1.29 is 27.8 Å². The van der Waals surface area contributed by atoms with Crippen molar-refractivity contribution in [3.63, 3.8) is 0 Å². The van der Waals surface area contributed by atoms with Crippen molar-refractivity contribution in [2.45, 2.75) is 0 Å². The molecule has 0 aliphatic rings. The van der Waals surface area contributed by atoms with Crippen LogP contribution in [0.15, 0.2) is 48.5 Å². The average molecular weight is 358 g/mol. The van der Waals surface area contributed by atoms with E-state index < -0.39 is 34.8 Å². The van der Waals surface area contributed by atoms with E-state index >= 15 is 0 Å². The van der Waals surface area contributed by atoms with Crippen molar-refractivity contribution in [2.24, 2.45) is 0 Å². The molecular weight excluding hydrogens is 348 g/mol. The van der Waals surface area contributed by atoms with E-state index in [0.717, 1.165) is 0 Å². The van der Waals surface area contributed by atoms with Crippen molar-refractivity contribution in [3.8, 4) is 22.6 Å². The Bertz CT molecular complexity index is 1110. The molecule has 0 spiro atoms. The quantitative estimate of drug-likeness (QED) is 0.433. The lowest BCUT2D eigenvalue weighted by Gasteiger charge is -2.16. The summed E-state index contributed by atoms with van der Waals surface area (Å²) >= 11 is 0. The second-order valence-electron chi connectivity index (χ2n) is 5.79. The Labute approximate surface area is 144 Å². The lowest BCUT2D eigenvalue weighted by Crippen LogP contribution is -1.97. The standard InChI is InChI=1S/C20H10F4O2/c21-15-11-7-3-1-5-9(11)13(19(25)17(15)23)14-10-6-2-4-8-12(10)16(22)18(24)20(14)26/h1-8,25-26H. The van der Waals surface area contributed by atoms with Gasteiger partial charge in [0, 0.05) is 21.9 Å². The number of rotatable bonds is 1. The first-order chi connectivity index (χ1) is 12.4. The van der Waals surface area contributed by atoms with Crippen molar-refractivity contribution in [1.82, 2.24) is 0 Å². The molecule has 130 valence electrons. The first-order valence-corrected chi connectivity index (χ1v) is 7.61. The van der Waals surface area contributed by atoms with E-state index in [-0.39, 0.29) is 32.7 Å². The van der Waals surface area contributed by atoms with Gasteiger partial charge in [0.2, 0.25) is 11.6 Å². The van der Waals surface area contributed by atoms with E-state index in [1.165, 1.54) is 48.5 Å². The normalized spacial score (nSPS) is 11.4. The second-order valence-corrected chi connectivity index (χ2v) is 5.79. The van der Waals surface area contributed by atoms with Gasteiger partial charge in [-0.3, -0.25) is 0 Å². The molecule has 2 nitrogen and oxygen atoms in total. The summed E-state index contributed by atoms with van der Waals surface area (Å²) in [4.78, 5) is 0. The molecule has 4 rings (SSSR count). The Kier molecular flexibility index (Phi) is 3.50. The van der Waals surface area contributed by atoms with E-state index in [1.54, 1.807) is 0 Å². The molecule has 0 saturated carbocycles. The Morgan fingerprint density at radius 3 is 1.12 bits per heavy atom. The lowest BCUT2D eigenvalue weighted by atomic mass is 9.91. The van der Waals surface area contributed by atoms with Gasteiger partial charge < -0.3 is 10.2 Å². The highest BCUT2D eigenvalue weighted by Crippen LogP contribution is 2.48. The van der Waals surface area contributed by atoms with Gasteiger partial charge in [-0.15, -0.1) is 0 Å². The second kappa shape index (κ2) is 5.62. The molecule has 0 aliphatic carbocycles. The highest BCUT2D eigenvalue weighted by atomic mass is 19.2.